The van der Waals surface area contributed by atoms with Gasteiger partial charge in [0.2, 0.25) is 0 Å². The van der Waals surface area contributed by atoms with Crippen molar-refractivity contribution in [3.05, 3.63) is 34.6 Å². The highest BCUT2D eigenvalue weighted by Gasteiger charge is 2.09. The first-order valence-corrected chi connectivity index (χ1v) is 5.66. The summed E-state index contributed by atoms with van der Waals surface area (Å²) in [4.78, 5) is 0. The zero-order valence-corrected chi connectivity index (χ0v) is 9.60. The van der Waals surface area contributed by atoms with Gasteiger partial charge in [-0.25, -0.2) is 4.39 Å². The van der Waals surface area contributed by atoms with Crippen LogP contribution >= 0.6 is 11.6 Å². The Morgan fingerprint density at radius 3 is 2.73 bits per heavy atom. The van der Waals surface area contributed by atoms with Crippen molar-refractivity contribution in [3.8, 4) is 0 Å². The largest absolute Gasteiger partial charge is 0.388 e. The Kier molecular flexibility index (Phi) is 5.06. The second-order valence-corrected chi connectivity index (χ2v) is 4.09. The number of aliphatic hydroxyl groups excluding tert-OH is 1. The van der Waals surface area contributed by atoms with Crippen molar-refractivity contribution in [2.45, 2.75) is 38.7 Å². The van der Waals surface area contributed by atoms with Crippen molar-refractivity contribution in [1.29, 1.82) is 0 Å². The molecular formula is C12H16ClFO. The van der Waals surface area contributed by atoms with Gasteiger partial charge in [-0.05, 0) is 24.1 Å². The summed E-state index contributed by atoms with van der Waals surface area (Å²) in [6.45, 7) is 2.11. The van der Waals surface area contributed by atoms with E-state index < -0.39 is 11.9 Å². The molecule has 84 valence electrons. The van der Waals surface area contributed by atoms with Gasteiger partial charge >= 0.3 is 0 Å². The van der Waals surface area contributed by atoms with Crippen LogP contribution < -0.4 is 0 Å². The van der Waals surface area contributed by atoms with Crippen LogP contribution in [0.25, 0.3) is 0 Å². The molecule has 0 aliphatic carbocycles. The molecule has 1 atom stereocenters. The second kappa shape index (κ2) is 6.09. The molecule has 0 saturated carbocycles. The molecule has 0 saturated heterocycles. The average molecular weight is 231 g/mol. The maximum Gasteiger partial charge on any atom is 0.141 e. The summed E-state index contributed by atoms with van der Waals surface area (Å²) < 4.78 is 12.9. The van der Waals surface area contributed by atoms with Crippen molar-refractivity contribution in [2.24, 2.45) is 0 Å². The normalized spacial score (nSPS) is 12.8. The highest BCUT2D eigenvalue weighted by molar-refractivity contribution is 6.30. The molecule has 0 bridgehead atoms. The minimum Gasteiger partial charge on any atom is -0.388 e. The van der Waals surface area contributed by atoms with E-state index in [4.69, 9.17) is 11.6 Å². The topological polar surface area (TPSA) is 20.2 Å². The van der Waals surface area contributed by atoms with Gasteiger partial charge in [-0.3, -0.25) is 0 Å². The third-order valence-corrected chi connectivity index (χ3v) is 2.70. The first-order chi connectivity index (χ1) is 7.15. The lowest BCUT2D eigenvalue weighted by Crippen LogP contribution is -1.97. The Hall–Kier alpha value is -0.600. The van der Waals surface area contributed by atoms with E-state index in [0.29, 0.717) is 12.0 Å². The SMILES string of the molecule is CCCCCC(O)c1ccc(F)c(Cl)c1. The number of hydrogen-bond acceptors (Lipinski definition) is 1. The van der Waals surface area contributed by atoms with Gasteiger partial charge in [-0.15, -0.1) is 0 Å². The fraction of sp³-hybridized carbons (Fsp3) is 0.500. The van der Waals surface area contributed by atoms with E-state index in [2.05, 4.69) is 6.92 Å². The molecule has 0 aliphatic heterocycles. The fourth-order valence-corrected chi connectivity index (χ4v) is 1.66. The summed E-state index contributed by atoms with van der Waals surface area (Å²) in [7, 11) is 0. The maximum atomic E-state index is 12.9. The van der Waals surface area contributed by atoms with Gasteiger partial charge in [0.15, 0.2) is 0 Å². The number of hydrogen-bond donors (Lipinski definition) is 1. The third kappa shape index (κ3) is 3.80. The van der Waals surface area contributed by atoms with Crippen LogP contribution in [-0.2, 0) is 0 Å². The second-order valence-electron chi connectivity index (χ2n) is 3.69. The van der Waals surface area contributed by atoms with E-state index in [0.717, 1.165) is 19.3 Å². The average Bonchev–Trinajstić information content (AvgIpc) is 2.22. The molecule has 0 aliphatic rings. The molecule has 1 rings (SSSR count). The summed E-state index contributed by atoms with van der Waals surface area (Å²) in [6, 6.07) is 4.37. The zero-order chi connectivity index (χ0) is 11.3. The molecule has 1 unspecified atom stereocenters. The van der Waals surface area contributed by atoms with Gasteiger partial charge in [0, 0.05) is 0 Å². The zero-order valence-electron chi connectivity index (χ0n) is 8.84. The number of unbranched alkanes of at least 4 members (excludes halogenated alkanes) is 2. The molecule has 1 N–H and O–H groups in total. The van der Waals surface area contributed by atoms with E-state index in [1.807, 2.05) is 0 Å². The highest BCUT2D eigenvalue weighted by Crippen LogP contribution is 2.24. The molecule has 1 nitrogen and oxygen atoms in total. The molecule has 0 fully saturated rings. The molecule has 1 aromatic rings. The Morgan fingerprint density at radius 1 is 1.40 bits per heavy atom. The Balaban J connectivity index is 2.57. The van der Waals surface area contributed by atoms with Crippen LogP contribution in [0.4, 0.5) is 4.39 Å². The van der Waals surface area contributed by atoms with Crippen molar-refractivity contribution < 1.29 is 9.50 Å². The van der Waals surface area contributed by atoms with E-state index in [1.165, 1.54) is 12.1 Å². The van der Waals surface area contributed by atoms with Gasteiger partial charge in [0.1, 0.15) is 5.82 Å². The van der Waals surface area contributed by atoms with Crippen molar-refractivity contribution in [3.63, 3.8) is 0 Å². The van der Waals surface area contributed by atoms with Crippen LogP contribution in [0.3, 0.4) is 0 Å². The predicted molar refractivity (Wildman–Crippen MR) is 60.5 cm³/mol. The lowest BCUT2D eigenvalue weighted by Gasteiger charge is -2.10. The van der Waals surface area contributed by atoms with Gasteiger partial charge in [0.25, 0.3) is 0 Å². The van der Waals surface area contributed by atoms with Crippen LogP contribution in [-0.4, -0.2) is 5.11 Å². The summed E-state index contributed by atoms with van der Waals surface area (Å²) in [5.41, 5.74) is 0.692. The predicted octanol–water partition coefficient (Wildman–Crippen LogP) is 4.09. The molecule has 15 heavy (non-hydrogen) atoms. The van der Waals surface area contributed by atoms with Crippen LogP contribution in [0.15, 0.2) is 18.2 Å². The van der Waals surface area contributed by atoms with Crippen LogP contribution in [0.5, 0.6) is 0 Å². The third-order valence-electron chi connectivity index (χ3n) is 2.41. The van der Waals surface area contributed by atoms with Gasteiger partial charge in [0.05, 0.1) is 11.1 Å². The van der Waals surface area contributed by atoms with E-state index in [-0.39, 0.29) is 5.02 Å². The number of rotatable bonds is 5. The van der Waals surface area contributed by atoms with Crippen LogP contribution in [0.1, 0.15) is 44.3 Å². The fourth-order valence-electron chi connectivity index (χ4n) is 1.47. The highest BCUT2D eigenvalue weighted by atomic mass is 35.5. The molecule has 0 aromatic heterocycles. The molecule has 0 radical (unpaired) electrons. The summed E-state index contributed by atoms with van der Waals surface area (Å²) >= 11 is 5.63. The molecule has 1 aromatic carbocycles. The Labute approximate surface area is 94.9 Å². The molecular weight excluding hydrogens is 215 g/mol. The summed E-state index contributed by atoms with van der Waals surface area (Å²) in [5.74, 6) is -0.443. The summed E-state index contributed by atoms with van der Waals surface area (Å²) in [5, 5.41) is 9.85. The van der Waals surface area contributed by atoms with Crippen molar-refractivity contribution in [1.82, 2.24) is 0 Å². The molecule has 0 amide bonds. The van der Waals surface area contributed by atoms with Crippen molar-refractivity contribution >= 4 is 11.6 Å². The molecule has 0 heterocycles. The van der Waals surface area contributed by atoms with E-state index >= 15 is 0 Å². The summed E-state index contributed by atoms with van der Waals surface area (Å²) in [6.07, 6.45) is 3.38. The quantitative estimate of drug-likeness (QED) is 0.756. The van der Waals surface area contributed by atoms with E-state index in [1.54, 1.807) is 6.07 Å². The van der Waals surface area contributed by atoms with Crippen molar-refractivity contribution in [2.75, 3.05) is 0 Å². The minimum absolute atomic E-state index is 0.0713. The Morgan fingerprint density at radius 2 is 2.13 bits per heavy atom. The molecule has 3 heteroatoms. The maximum absolute atomic E-state index is 12.9. The lowest BCUT2D eigenvalue weighted by atomic mass is 10.0. The molecule has 0 spiro atoms. The van der Waals surface area contributed by atoms with Gasteiger partial charge < -0.3 is 5.11 Å². The number of halogens is 2. The lowest BCUT2D eigenvalue weighted by molar-refractivity contribution is 0.163. The smallest absolute Gasteiger partial charge is 0.141 e. The standard InChI is InChI=1S/C12H16ClFO/c1-2-3-4-5-12(15)9-6-7-11(14)10(13)8-9/h6-8,12,15H,2-5H2,1H3. The monoisotopic (exact) mass is 230 g/mol. The minimum atomic E-state index is -0.533. The van der Waals surface area contributed by atoms with E-state index in [9.17, 15) is 9.50 Å². The first kappa shape index (κ1) is 12.5. The van der Waals surface area contributed by atoms with Gasteiger partial charge in [-0.2, -0.15) is 0 Å². The number of benzene rings is 1. The first-order valence-electron chi connectivity index (χ1n) is 5.28. The van der Waals surface area contributed by atoms with Crippen LogP contribution in [0.2, 0.25) is 5.02 Å². The Bertz CT molecular complexity index is 314. The number of aliphatic hydroxyl groups is 1. The van der Waals surface area contributed by atoms with Gasteiger partial charge in [-0.1, -0.05) is 43.9 Å². The van der Waals surface area contributed by atoms with Crippen LogP contribution in [0, 0.1) is 5.82 Å².